The van der Waals surface area contributed by atoms with Crippen molar-refractivity contribution in [3.05, 3.63) is 54.4 Å². The normalized spacial score (nSPS) is 15.8. The number of ether oxygens (including phenoxy) is 1. The Hall–Kier alpha value is -3.88. The number of fused-ring (bicyclic) bond motifs is 1. The average Bonchev–Trinajstić information content (AvgIpc) is 3.29. The van der Waals surface area contributed by atoms with E-state index in [9.17, 15) is 14.4 Å². The molecular weight excluding hydrogens is 410 g/mol. The fourth-order valence-corrected chi connectivity index (χ4v) is 3.73. The molecule has 0 aliphatic carbocycles. The Morgan fingerprint density at radius 1 is 1.19 bits per heavy atom. The molecule has 32 heavy (non-hydrogen) atoms. The maximum absolute atomic E-state index is 12.6. The summed E-state index contributed by atoms with van der Waals surface area (Å²) in [6.07, 6.45) is 2.61. The SMILES string of the molecule is COc1ccc(CCN2C(=O)N[C@@H](CCC(=O)Nc3ccc4c(c3)ncn4C)C2=O)cc1. The molecule has 9 heteroatoms. The number of hydrogen-bond acceptors (Lipinski definition) is 5. The van der Waals surface area contributed by atoms with Gasteiger partial charge in [-0.1, -0.05) is 12.1 Å². The molecule has 9 nitrogen and oxygen atoms in total. The summed E-state index contributed by atoms with van der Waals surface area (Å²) in [7, 11) is 3.50. The van der Waals surface area contributed by atoms with Crippen molar-refractivity contribution in [2.45, 2.75) is 25.3 Å². The number of aromatic nitrogens is 2. The number of nitrogens with one attached hydrogen (secondary N) is 2. The average molecular weight is 435 g/mol. The van der Waals surface area contributed by atoms with Crippen molar-refractivity contribution in [1.29, 1.82) is 0 Å². The van der Waals surface area contributed by atoms with E-state index < -0.39 is 12.1 Å². The van der Waals surface area contributed by atoms with E-state index in [1.165, 1.54) is 4.90 Å². The predicted octanol–water partition coefficient (Wildman–Crippen LogP) is 2.46. The number of carbonyl (C=O) groups is 3. The van der Waals surface area contributed by atoms with Gasteiger partial charge in [-0.05, 0) is 48.7 Å². The van der Waals surface area contributed by atoms with Crippen LogP contribution in [-0.2, 0) is 23.1 Å². The summed E-state index contributed by atoms with van der Waals surface area (Å²) < 4.78 is 7.03. The second-order valence-corrected chi connectivity index (χ2v) is 7.74. The topological polar surface area (TPSA) is 106 Å². The number of aryl methyl sites for hydroxylation is 1. The smallest absolute Gasteiger partial charge is 0.324 e. The van der Waals surface area contributed by atoms with Crippen molar-refractivity contribution in [2.75, 3.05) is 19.0 Å². The van der Waals surface area contributed by atoms with Crippen molar-refractivity contribution in [1.82, 2.24) is 19.8 Å². The predicted molar refractivity (Wildman–Crippen MR) is 119 cm³/mol. The van der Waals surface area contributed by atoms with Crippen LogP contribution in [0.15, 0.2) is 48.8 Å². The number of methoxy groups -OCH3 is 1. The Kier molecular flexibility index (Phi) is 6.07. The van der Waals surface area contributed by atoms with Crippen molar-refractivity contribution >= 4 is 34.6 Å². The van der Waals surface area contributed by atoms with Gasteiger partial charge in [-0.15, -0.1) is 0 Å². The van der Waals surface area contributed by atoms with Gasteiger partial charge in [0.15, 0.2) is 0 Å². The molecule has 2 N–H and O–H groups in total. The van der Waals surface area contributed by atoms with Gasteiger partial charge in [0, 0.05) is 25.7 Å². The lowest BCUT2D eigenvalue weighted by Crippen LogP contribution is -2.33. The first-order chi connectivity index (χ1) is 15.4. The van der Waals surface area contributed by atoms with E-state index in [1.54, 1.807) is 19.5 Å². The third-order valence-corrected chi connectivity index (χ3v) is 5.56. The molecule has 1 aliphatic rings. The van der Waals surface area contributed by atoms with E-state index in [0.29, 0.717) is 12.1 Å². The van der Waals surface area contributed by atoms with Crippen molar-refractivity contribution in [3.8, 4) is 5.75 Å². The van der Waals surface area contributed by atoms with E-state index in [2.05, 4.69) is 15.6 Å². The first kappa shape index (κ1) is 21.4. The van der Waals surface area contributed by atoms with E-state index in [1.807, 2.05) is 48.0 Å². The zero-order valence-electron chi connectivity index (χ0n) is 18.0. The Labute approximate surface area is 185 Å². The number of anilines is 1. The van der Waals surface area contributed by atoms with Gasteiger partial charge < -0.3 is 19.9 Å². The van der Waals surface area contributed by atoms with Crippen LogP contribution in [0.5, 0.6) is 5.75 Å². The van der Waals surface area contributed by atoms with Gasteiger partial charge in [-0.25, -0.2) is 9.78 Å². The molecule has 4 rings (SSSR count). The minimum atomic E-state index is -0.692. The Morgan fingerprint density at radius 2 is 1.97 bits per heavy atom. The van der Waals surface area contributed by atoms with Crippen LogP contribution < -0.4 is 15.4 Å². The largest absolute Gasteiger partial charge is 0.497 e. The number of nitrogens with zero attached hydrogens (tertiary/aromatic N) is 3. The maximum Gasteiger partial charge on any atom is 0.324 e. The van der Waals surface area contributed by atoms with Crippen LogP contribution in [0.1, 0.15) is 18.4 Å². The number of amides is 4. The van der Waals surface area contributed by atoms with Gasteiger partial charge in [0.2, 0.25) is 5.91 Å². The van der Waals surface area contributed by atoms with Crippen LogP contribution in [-0.4, -0.2) is 52.0 Å². The van der Waals surface area contributed by atoms with Gasteiger partial charge >= 0.3 is 6.03 Å². The van der Waals surface area contributed by atoms with Gasteiger partial charge in [-0.2, -0.15) is 0 Å². The third kappa shape index (κ3) is 4.56. The molecule has 0 radical (unpaired) electrons. The highest BCUT2D eigenvalue weighted by atomic mass is 16.5. The second kappa shape index (κ2) is 9.09. The number of benzene rings is 2. The summed E-state index contributed by atoms with van der Waals surface area (Å²) in [5.41, 5.74) is 3.40. The number of imide groups is 1. The van der Waals surface area contributed by atoms with E-state index in [4.69, 9.17) is 4.74 Å². The number of carbonyl (C=O) groups excluding carboxylic acids is 3. The molecule has 2 heterocycles. The molecule has 2 aromatic carbocycles. The molecule has 0 bridgehead atoms. The fraction of sp³-hybridized carbons (Fsp3) is 0.304. The van der Waals surface area contributed by atoms with E-state index in [-0.39, 0.29) is 31.2 Å². The molecular formula is C23H25N5O4. The highest BCUT2D eigenvalue weighted by molar-refractivity contribution is 6.04. The summed E-state index contributed by atoms with van der Waals surface area (Å²) >= 11 is 0. The first-order valence-corrected chi connectivity index (χ1v) is 10.4. The third-order valence-electron chi connectivity index (χ3n) is 5.56. The van der Waals surface area contributed by atoms with Gasteiger partial charge in [0.05, 0.1) is 24.5 Å². The van der Waals surface area contributed by atoms with E-state index in [0.717, 1.165) is 22.3 Å². The zero-order chi connectivity index (χ0) is 22.7. The van der Waals surface area contributed by atoms with Gasteiger partial charge in [0.1, 0.15) is 11.8 Å². The van der Waals surface area contributed by atoms with Gasteiger partial charge in [-0.3, -0.25) is 14.5 Å². The number of imidazole rings is 1. The lowest BCUT2D eigenvalue weighted by molar-refractivity contribution is -0.127. The number of rotatable bonds is 8. The van der Waals surface area contributed by atoms with Crippen LogP contribution in [0.3, 0.4) is 0 Å². The van der Waals surface area contributed by atoms with Crippen LogP contribution in [0, 0.1) is 0 Å². The molecule has 1 fully saturated rings. The fourth-order valence-electron chi connectivity index (χ4n) is 3.73. The van der Waals surface area contributed by atoms with Crippen LogP contribution in [0.4, 0.5) is 10.5 Å². The molecule has 166 valence electrons. The summed E-state index contributed by atoms with van der Waals surface area (Å²) in [6.45, 7) is 0.282. The Bertz CT molecular complexity index is 1150. The number of hydrogen-bond donors (Lipinski definition) is 2. The summed E-state index contributed by atoms with van der Waals surface area (Å²) in [5.74, 6) is 0.229. The summed E-state index contributed by atoms with van der Waals surface area (Å²) in [6, 6.07) is 11.9. The maximum atomic E-state index is 12.6. The zero-order valence-corrected chi connectivity index (χ0v) is 18.0. The molecule has 0 saturated carbocycles. The Balaban J connectivity index is 1.27. The monoisotopic (exact) mass is 435 g/mol. The van der Waals surface area contributed by atoms with E-state index >= 15 is 0 Å². The molecule has 1 saturated heterocycles. The molecule has 1 atom stereocenters. The first-order valence-electron chi connectivity index (χ1n) is 10.4. The van der Waals surface area contributed by atoms with Crippen molar-refractivity contribution < 1.29 is 19.1 Å². The quantitative estimate of drug-likeness (QED) is 0.529. The van der Waals surface area contributed by atoms with Crippen LogP contribution in [0.2, 0.25) is 0 Å². The Morgan fingerprint density at radius 3 is 2.72 bits per heavy atom. The minimum Gasteiger partial charge on any atom is -0.497 e. The van der Waals surface area contributed by atoms with Crippen molar-refractivity contribution in [3.63, 3.8) is 0 Å². The van der Waals surface area contributed by atoms with Crippen molar-refractivity contribution in [2.24, 2.45) is 7.05 Å². The summed E-state index contributed by atoms with van der Waals surface area (Å²) in [5, 5.41) is 5.50. The van der Waals surface area contributed by atoms with Crippen LogP contribution in [0.25, 0.3) is 11.0 Å². The molecule has 0 unspecified atom stereocenters. The lowest BCUT2D eigenvalue weighted by atomic mass is 10.1. The molecule has 3 aromatic rings. The van der Waals surface area contributed by atoms with Gasteiger partial charge in [0.25, 0.3) is 5.91 Å². The minimum absolute atomic E-state index is 0.114. The second-order valence-electron chi connectivity index (χ2n) is 7.74. The highest BCUT2D eigenvalue weighted by Crippen LogP contribution is 2.19. The highest BCUT2D eigenvalue weighted by Gasteiger charge is 2.37. The van der Waals surface area contributed by atoms with Crippen LogP contribution >= 0.6 is 0 Å². The molecule has 4 amide bonds. The molecule has 1 aromatic heterocycles. The number of urea groups is 1. The molecule has 1 aliphatic heterocycles. The lowest BCUT2D eigenvalue weighted by Gasteiger charge is -2.13. The standard InChI is InChI=1S/C23H25N5O4/c1-27-14-24-19-13-16(5-9-20(19)27)25-21(29)10-8-18-22(30)28(23(31)26-18)12-11-15-3-6-17(32-2)7-4-15/h3-7,9,13-14,18H,8,10-12H2,1-2H3,(H,25,29)(H,26,31)/t18-/m0/s1. The molecule has 0 spiro atoms. The summed E-state index contributed by atoms with van der Waals surface area (Å²) in [4.78, 5) is 42.7.